The van der Waals surface area contributed by atoms with Crippen molar-refractivity contribution in [3.8, 4) is 5.75 Å². The summed E-state index contributed by atoms with van der Waals surface area (Å²) in [6, 6.07) is 13.1. The first-order valence-electron chi connectivity index (χ1n) is 7.23. The Morgan fingerprint density at radius 1 is 1.12 bits per heavy atom. The summed E-state index contributed by atoms with van der Waals surface area (Å²) in [6.45, 7) is 0.566. The van der Waals surface area contributed by atoms with E-state index in [1.807, 2.05) is 18.2 Å². The maximum absolute atomic E-state index is 12.7. The molecule has 0 heterocycles. The van der Waals surface area contributed by atoms with Gasteiger partial charge in [-0.3, -0.25) is 0 Å². The number of carbonyl (C=O) groups is 1. The molecule has 1 N–H and O–H groups in total. The van der Waals surface area contributed by atoms with E-state index in [-0.39, 0.29) is 12.3 Å². The van der Waals surface area contributed by atoms with Gasteiger partial charge in [0.2, 0.25) is 0 Å². The first-order valence-corrected chi connectivity index (χ1v) is 7.23. The van der Waals surface area contributed by atoms with E-state index in [4.69, 9.17) is 4.74 Å². The summed E-state index contributed by atoms with van der Waals surface area (Å²) < 4.78 is 43.4. The first-order chi connectivity index (χ1) is 11.4. The lowest BCUT2D eigenvalue weighted by atomic mass is 10.2. The Morgan fingerprint density at radius 2 is 1.83 bits per heavy atom. The fourth-order valence-electron chi connectivity index (χ4n) is 1.91. The van der Waals surface area contributed by atoms with Crippen LogP contribution in [0.25, 0.3) is 0 Å². The predicted molar refractivity (Wildman–Crippen MR) is 85.0 cm³/mol. The van der Waals surface area contributed by atoms with Crippen molar-refractivity contribution >= 4 is 11.7 Å². The number of benzene rings is 2. The molecule has 0 saturated carbocycles. The van der Waals surface area contributed by atoms with Crippen LogP contribution in [0.3, 0.4) is 0 Å². The Bertz CT molecular complexity index is 675. The highest BCUT2D eigenvalue weighted by Gasteiger charge is 2.30. The van der Waals surface area contributed by atoms with Crippen molar-refractivity contribution < 1.29 is 22.7 Å². The molecule has 0 radical (unpaired) electrons. The van der Waals surface area contributed by atoms with Crippen molar-refractivity contribution in [3.63, 3.8) is 0 Å². The number of anilines is 1. The highest BCUT2D eigenvalue weighted by atomic mass is 19.4. The molecule has 2 aromatic rings. The first kappa shape index (κ1) is 17.7. The Labute approximate surface area is 137 Å². The highest BCUT2D eigenvalue weighted by molar-refractivity contribution is 5.89. The zero-order valence-electron chi connectivity index (χ0n) is 13.0. The van der Waals surface area contributed by atoms with Crippen molar-refractivity contribution in [1.29, 1.82) is 0 Å². The van der Waals surface area contributed by atoms with Gasteiger partial charge in [-0.2, -0.15) is 13.2 Å². The Hall–Kier alpha value is -2.70. The second-order valence-corrected chi connectivity index (χ2v) is 5.09. The number of rotatable bonds is 5. The van der Waals surface area contributed by atoms with Crippen LogP contribution < -0.4 is 10.1 Å². The fourth-order valence-corrected chi connectivity index (χ4v) is 1.91. The molecule has 2 aromatic carbocycles. The molecule has 24 heavy (non-hydrogen) atoms. The van der Waals surface area contributed by atoms with Crippen LogP contribution in [0, 0.1) is 0 Å². The third-order valence-corrected chi connectivity index (χ3v) is 3.23. The molecular formula is C17H17F3N2O2. The Morgan fingerprint density at radius 3 is 2.50 bits per heavy atom. The SMILES string of the molecule is CN(CCOc1ccccc1)C(=O)Nc1cccc(C(F)(F)F)c1. The standard InChI is InChI=1S/C17H17F3N2O2/c1-22(10-11-24-15-8-3-2-4-9-15)16(23)21-14-7-5-6-13(12-14)17(18,19)20/h2-9,12H,10-11H2,1H3,(H,21,23). The third-order valence-electron chi connectivity index (χ3n) is 3.23. The number of ether oxygens (including phenoxy) is 1. The second-order valence-electron chi connectivity index (χ2n) is 5.09. The minimum atomic E-state index is -4.45. The smallest absolute Gasteiger partial charge is 0.416 e. The molecule has 0 aromatic heterocycles. The quantitative estimate of drug-likeness (QED) is 0.886. The molecule has 0 spiro atoms. The molecule has 0 bridgehead atoms. The lowest BCUT2D eigenvalue weighted by Gasteiger charge is -2.18. The van der Waals surface area contributed by atoms with Crippen molar-refractivity contribution in [2.24, 2.45) is 0 Å². The summed E-state index contributed by atoms with van der Waals surface area (Å²) in [6.07, 6.45) is -4.45. The van der Waals surface area contributed by atoms with Gasteiger partial charge in [-0.25, -0.2) is 4.79 Å². The Balaban J connectivity index is 1.85. The molecule has 2 amide bonds. The van der Waals surface area contributed by atoms with Gasteiger partial charge in [0.05, 0.1) is 12.1 Å². The van der Waals surface area contributed by atoms with Gasteiger partial charge in [0, 0.05) is 12.7 Å². The number of para-hydroxylation sites is 1. The third kappa shape index (κ3) is 5.19. The number of likely N-dealkylation sites (N-methyl/N-ethyl adjacent to an activating group) is 1. The number of hydrogen-bond donors (Lipinski definition) is 1. The normalized spacial score (nSPS) is 11.0. The van der Waals surface area contributed by atoms with Crippen LogP contribution >= 0.6 is 0 Å². The van der Waals surface area contributed by atoms with Gasteiger partial charge in [-0.05, 0) is 30.3 Å². The minimum Gasteiger partial charge on any atom is -0.492 e. The van der Waals surface area contributed by atoms with E-state index in [0.717, 1.165) is 12.1 Å². The van der Waals surface area contributed by atoms with Gasteiger partial charge in [0.1, 0.15) is 12.4 Å². The van der Waals surface area contributed by atoms with E-state index < -0.39 is 17.8 Å². The second kappa shape index (κ2) is 7.72. The molecule has 2 rings (SSSR count). The van der Waals surface area contributed by atoms with Crippen LogP contribution in [-0.2, 0) is 6.18 Å². The zero-order chi connectivity index (χ0) is 17.6. The predicted octanol–water partition coefficient (Wildman–Crippen LogP) is 4.25. The lowest BCUT2D eigenvalue weighted by molar-refractivity contribution is -0.137. The number of urea groups is 1. The molecular weight excluding hydrogens is 321 g/mol. The van der Waals surface area contributed by atoms with E-state index in [0.29, 0.717) is 12.3 Å². The molecule has 0 aliphatic carbocycles. The van der Waals surface area contributed by atoms with Crippen molar-refractivity contribution in [1.82, 2.24) is 4.90 Å². The lowest BCUT2D eigenvalue weighted by Crippen LogP contribution is -2.34. The molecule has 0 saturated heterocycles. The summed E-state index contributed by atoms with van der Waals surface area (Å²) in [5.41, 5.74) is -0.721. The zero-order valence-corrected chi connectivity index (χ0v) is 13.0. The summed E-state index contributed by atoms with van der Waals surface area (Å²) in [5.74, 6) is 0.684. The van der Waals surface area contributed by atoms with Gasteiger partial charge < -0.3 is 15.0 Å². The van der Waals surface area contributed by atoms with Gasteiger partial charge in [0.15, 0.2) is 0 Å². The summed E-state index contributed by atoms with van der Waals surface area (Å²) in [4.78, 5) is 13.3. The monoisotopic (exact) mass is 338 g/mol. The molecule has 128 valence electrons. The number of nitrogens with zero attached hydrogens (tertiary/aromatic N) is 1. The van der Waals surface area contributed by atoms with Crippen molar-refractivity contribution in [2.45, 2.75) is 6.18 Å². The molecule has 0 unspecified atom stereocenters. The van der Waals surface area contributed by atoms with E-state index in [2.05, 4.69) is 5.32 Å². The van der Waals surface area contributed by atoms with E-state index in [1.54, 1.807) is 12.1 Å². The number of carbonyl (C=O) groups excluding carboxylic acids is 1. The number of amides is 2. The number of alkyl halides is 3. The van der Waals surface area contributed by atoms with Crippen LogP contribution in [0.15, 0.2) is 54.6 Å². The Kier molecular flexibility index (Phi) is 5.68. The molecule has 7 heteroatoms. The maximum Gasteiger partial charge on any atom is 0.416 e. The number of hydrogen-bond acceptors (Lipinski definition) is 2. The van der Waals surface area contributed by atoms with Crippen LogP contribution in [0.5, 0.6) is 5.75 Å². The van der Waals surface area contributed by atoms with Crippen molar-refractivity contribution in [2.75, 3.05) is 25.5 Å². The maximum atomic E-state index is 12.7. The fraction of sp³-hybridized carbons (Fsp3) is 0.235. The summed E-state index contributed by atoms with van der Waals surface area (Å²) in [5, 5.41) is 2.43. The van der Waals surface area contributed by atoms with Crippen LogP contribution in [0.2, 0.25) is 0 Å². The van der Waals surface area contributed by atoms with Crippen LogP contribution in [0.4, 0.5) is 23.7 Å². The van der Waals surface area contributed by atoms with E-state index in [9.17, 15) is 18.0 Å². The van der Waals surface area contributed by atoms with Gasteiger partial charge in [0.25, 0.3) is 0 Å². The van der Waals surface area contributed by atoms with Crippen molar-refractivity contribution in [3.05, 3.63) is 60.2 Å². The van der Waals surface area contributed by atoms with Gasteiger partial charge in [-0.15, -0.1) is 0 Å². The molecule has 0 aliphatic heterocycles. The van der Waals surface area contributed by atoms with Gasteiger partial charge >= 0.3 is 12.2 Å². The number of halogens is 3. The molecule has 0 fully saturated rings. The van der Waals surface area contributed by atoms with Crippen LogP contribution in [-0.4, -0.2) is 31.1 Å². The average Bonchev–Trinajstić information content (AvgIpc) is 2.55. The van der Waals surface area contributed by atoms with E-state index >= 15 is 0 Å². The molecule has 0 atom stereocenters. The largest absolute Gasteiger partial charge is 0.492 e. The minimum absolute atomic E-state index is 0.0886. The highest BCUT2D eigenvalue weighted by Crippen LogP contribution is 2.30. The summed E-state index contributed by atoms with van der Waals surface area (Å²) >= 11 is 0. The topological polar surface area (TPSA) is 41.6 Å². The molecule has 4 nitrogen and oxygen atoms in total. The number of nitrogens with one attached hydrogen (secondary N) is 1. The van der Waals surface area contributed by atoms with Gasteiger partial charge in [-0.1, -0.05) is 24.3 Å². The van der Waals surface area contributed by atoms with E-state index in [1.165, 1.54) is 24.1 Å². The summed E-state index contributed by atoms with van der Waals surface area (Å²) in [7, 11) is 1.54. The average molecular weight is 338 g/mol. The van der Waals surface area contributed by atoms with Crippen LogP contribution in [0.1, 0.15) is 5.56 Å². The molecule has 0 aliphatic rings.